The van der Waals surface area contributed by atoms with Crippen LogP contribution in [0.15, 0.2) is 35.3 Å². The molecule has 116 valence electrons. The molecule has 1 aromatic carbocycles. The van der Waals surface area contributed by atoms with Gasteiger partial charge in [0.1, 0.15) is 0 Å². The first kappa shape index (κ1) is 16.0. The van der Waals surface area contributed by atoms with Gasteiger partial charge in [-0.3, -0.25) is 4.90 Å². The van der Waals surface area contributed by atoms with Crippen LogP contribution in [0.1, 0.15) is 5.56 Å². The van der Waals surface area contributed by atoms with Crippen molar-refractivity contribution in [2.45, 2.75) is 5.79 Å². The number of hydrogen-bond acceptors (Lipinski definition) is 6. The molecule has 8 heteroatoms. The minimum atomic E-state index is -1.20. The molecule has 0 amide bonds. The van der Waals surface area contributed by atoms with Gasteiger partial charge in [0.05, 0.1) is 0 Å². The summed E-state index contributed by atoms with van der Waals surface area (Å²) in [7, 11) is 8.34. The van der Waals surface area contributed by atoms with E-state index in [2.05, 4.69) is 5.32 Å². The van der Waals surface area contributed by atoms with Crippen molar-refractivity contribution in [2.75, 3.05) is 35.2 Å². The van der Waals surface area contributed by atoms with Gasteiger partial charge in [-0.2, -0.15) is 0 Å². The SMILES string of the molecule is CNC1=NC(c2ccccc2)(N(C)C)N(N(C)C)N1[PH2]=O. The van der Waals surface area contributed by atoms with E-state index in [9.17, 15) is 4.57 Å². The predicted molar refractivity (Wildman–Crippen MR) is 86.1 cm³/mol. The lowest BCUT2D eigenvalue weighted by atomic mass is 10.1. The number of rotatable bonds is 4. The summed E-state index contributed by atoms with van der Waals surface area (Å²) >= 11 is 0. The first-order valence-electron chi connectivity index (χ1n) is 6.71. The average Bonchev–Trinajstić information content (AvgIpc) is 2.83. The fourth-order valence-corrected chi connectivity index (χ4v) is 3.34. The maximum absolute atomic E-state index is 11.8. The van der Waals surface area contributed by atoms with E-state index in [0.717, 1.165) is 5.56 Å². The van der Waals surface area contributed by atoms with Gasteiger partial charge in [-0.05, 0) is 14.1 Å². The van der Waals surface area contributed by atoms with E-state index in [0.29, 0.717) is 5.96 Å². The van der Waals surface area contributed by atoms with Crippen molar-refractivity contribution in [1.82, 2.24) is 25.1 Å². The van der Waals surface area contributed by atoms with Crippen molar-refractivity contribution in [1.29, 1.82) is 0 Å². The summed E-state index contributed by atoms with van der Waals surface area (Å²) in [4.78, 5) is 6.83. The van der Waals surface area contributed by atoms with Crippen molar-refractivity contribution in [3.8, 4) is 0 Å². The molecule has 1 aliphatic rings. The second-order valence-electron chi connectivity index (χ2n) is 5.17. The lowest BCUT2D eigenvalue weighted by Gasteiger charge is -2.45. The molecule has 0 fully saturated rings. The molecule has 2 unspecified atom stereocenters. The number of benzene rings is 1. The molecule has 1 heterocycles. The topological polar surface area (TPSA) is 54.4 Å². The Bertz CT molecular complexity index is 535. The standard InChI is InChI=1S/C13H23N6OP/c1-14-12-15-13(16(2)3,11-9-7-6-8-10-11)19(17(4)5)18(12)21-20/h6-10H,21H2,1-5H3,(H,14,15). The van der Waals surface area contributed by atoms with E-state index >= 15 is 0 Å². The second kappa shape index (κ2) is 6.15. The number of guanidine groups is 1. The number of aliphatic imine (C=N–C) groups is 1. The first-order chi connectivity index (χ1) is 9.98. The van der Waals surface area contributed by atoms with Crippen LogP contribution in [0.25, 0.3) is 0 Å². The zero-order chi connectivity index (χ0) is 15.6. The molecule has 0 radical (unpaired) electrons. The summed E-state index contributed by atoms with van der Waals surface area (Å²) < 4.78 is 13.4. The van der Waals surface area contributed by atoms with Crippen LogP contribution in [0, 0.1) is 0 Å². The summed E-state index contributed by atoms with van der Waals surface area (Å²) in [5, 5.41) is 6.82. The summed E-state index contributed by atoms with van der Waals surface area (Å²) in [5.74, 6) is -0.174. The van der Waals surface area contributed by atoms with Gasteiger partial charge in [-0.1, -0.05) is 35.4 Å². The van der Waals surface area contributed by atoms with Crippen molar-refractivity contribution in [2.24, 2.45) is 4.99 Å². The highest BCUT2D eigenvalue weighted by atomic mass is 31.1. The number of hydrogen-bond donors (Lipinski definition) is 1. The van der Waals surface area contributed by atoms with E-state index in [1.165, 1.54) is 0 Å². The first-order valence-corrected chi connectivity index (χ1v) is 7.70. The van der Waals surface area contributed by atoms with Gasteiger partial charge >= 0.3 is 0 Å². The van der Waals surface area contributed by atoms with E-state index in [-0.39, 0.29) is 0 Å². The van der Waals surface area contributed by atoms with Crippen LogP contribution >= 0.6 is 8.61 Å². The Kier molecular flexibility index (Phi) is 4.68. The van der Waals surface area contributed by atoms with Crippen molar-refractivity contribution in [3.05, 3.63) is 35.9 Å². The van der Waals surface area contributed by atoms with Crippen LogP contribution in [0.2, 0.25) is 0 Å². The minimum Gasteiger partial charge on any atom is -0.358 e. The normalized spacial score (nSPS) is 23.6. The van der Waals surface area contributed by atoms with Crippen molar-refractivity contribution < 1.29 is 4.57 Å². The highest BCUT2D eigenvalue weighted by Crippen LogP contribution is 2.40. The Hall–Kier alpha value is -1.40. The molecule has 7 nitrogen and oxygen atoms in total. The maximum Gasteiger partial charge on any atom is 0.230 e. The highest BCUT2D eigenvalue weighted by Gasteiger charge is 2.51. The van der Waals surface area contributed by atoms with E-state index in [1.807, 2.05) is 73.5 Å². The fraction of sp³-hybridized carbons (Fsp3) is 0.462. The Morgan fingerprint density at radius 2 is 1.81 bits per heavy atom. The number of nitrogens with one attached hydrogen (secondary N) is 1. The highest BCUT2D eigenvalue weighted by molar-refractivity contribution is 7.21. The van der Waals surface area contributed by atoms with Gasteiger partial charge in [0.15, 0.2) is 8.61 Å². The molecular weight excluding hydrogens is 287 g/mol. The minimum absolute atomic E-state index is 0.589. The Labute approximate surface area is 127 Å². The predicted octanol–water partition coefficient (Wildman–Crippen LogP) is 0.614. The second-order valence-corrected chi connectivity index (χ2v) is 5.87. The molecule has 0 aromatic heterocycles. The summed E-state index contributed by atoms with van der Waals surface area (Å²) in [6.45, 7) is 0. The zero-order valence-electron chi connectivity index (χ0n) is 13.1. The van der Waals surface area contributed by atoms with Gasteiger partial charge in [0.25, 0.3) is 0 Å². The third-order valence-electron chi connectivity index (χ3n) is 3.45. The Morgan fingerprint density at radius 1 is 1.19 bits per heavy atom. The largest absolute Gasteiger partial charge is 0.358 e. The molecule has 0 saturated heterocycles. The van der Waals surface area contributed by atoms with Crippen LogP contribution in [-0.2, 0) is 10.4 Å². The Balaban J connectivity index is 2.67. The molecular formula is C13H23N6OP. The monoisotopic (exact) mass is 310 g/mol. The lowest BCUT2D eigenvalue weighted by Crippen LogP contribution is -2.60. The van der Waals surface area contributed by atoms with Crippen LogP contribution in [-0.4, -0.2) is 61.0 Å². The Morgan fingerprint density at radius 3 is 2.24 bits per heavy atom. The average molecular weight is 310 g/mol. The number of nitrogens with zero attached hydrogens (tertiary/aromatic N) is 5. The van der Waals surface area contributed by atoms with Gasteiger partial charge < -0.3 is 9.88 Å². The van der Waals surface area contributed by atoms with Gasteiger partial charge in [0, 0.05) is 26.7 Å². The van der Waals surface area contributed by atoms with Gasteiger partial charge in [0.2, 0.25) is 11.7 Å². The zero-order valence-corrected chi connectivity index (χ0v) is 14.3. The smallest absolute Gasteiger partial charge is 0.230 e. The molecule has 1 aliphatic heterocycles. The molecule has 0 bridgehead atoms. The summed E-state index contributed by atoms with van der Waals surface area (Å²) in [6.07, 6.45) is 0. The van der Waals surface area contributed by atoms with E-state index in [1.54, 1.807) is 11.8 Å². The van der Waals surface area contributed by atoms with Crippen LogP contribution in [0.3, 0.4) is 0 Å². The summed E-state index contributed by atoms with van der Waals surface area (Å²) in [6, 6.07) is 9.99. The molecule has 1 N–H and O–H groups in total. The van der Waals surface area contributed by atoms with Crippen LogP contribution in [0.5, 0.6) is 0 Å². The third-order valence-corrected chi connectivity index (χ3v) is 4.11. The molecule has 21 heavy (non-hydrogen) atoms. The van der Waals surface area contributed by atoms with Crippen LogP contribution < -0.4 is 5.32 Å². The van der Waals surface area contributed by atoms with Crippen LogP contribution in [0.4, 0.5) is 0 Å². The van der Waals surface area contributed by atoms with E-state index < -0.39 is 14.4 Å². The summed E-state index contributed by atoms with van der Waals surface area (Å²) in [5.41, 5.74) is 1.01. The lowest BCUT2D eigenvalue weighted by molar-refractivity contribution is -0.195. The third kappa shape index (κ3) is 2.46. The molecule has 2 atom stereocenters. The van der Waals surface area contributed by atoms with Crippen molar-refractivity contribution in [3.63, 3.8) is 0 Å². The molecule has 0 spiro atoms. The maximum atomic E-state index is 11.8. The molecule has 0 saturated carbocycles. The molecule has 2 rings (SSSR count). The van der Waals surface area contributed by atoms with Gasteiger partial charge in [-0.25, -0.2) is 14.8 Å². The van der Waals surface area contributed by atoms with E-state index in [4.69, 9.17) is 4.99 Å². The van der Waals surface area contributed by atoms with Gasteiger partial charge in [-0.15, -0.1) is 0 Å². The molecule has 0 aliphatic carbocycles. The molecule has 1 aromatic rings. The number of hydrazine groups is 2. The fourth-order valence-electron chi connectivity index (χ4n) is 2.60. The quantitative estimate of drug-likeness (QED) is 0.823. The van der Waals surface area contributed by atoms with Crippen molar-refractivity contribution >= 4 is 14.6 Å².